The molecule has 1 aromatic heterocycles. The van der Waals surface area contributed by atoms with E-state index < -0.39 is 0 Å². The van der Waals surface area contributed by atoms with E-state index >= 15 is 0 Å². The number of aromatic nitrogens is 1. The summed E-state index contributed by atoms with van der Waals surface area (Å²) in [7, 11) is 0. The summed E-state index contributed by atoms with van der Waals surface area (Å²) in [6, 6.07) is 8.06. The van der Waals surface area contributed by atoms with E-state index in [0.29, 0.717) is 0 Å². The monoisotopic (exact) mass is 254 g/mol. The molecule has 0 amide bonds. The van der Waals surface area contributed by atoms with E-state index in [2.05, 4.69) is 30.1 Å². The Kier molecular flexibility index (Phi) is 3.22. The molecule has 3 heteroatoms. The Balaban J connectivity index is 2.05. The maximum Gasteiger partial charge on any atom is 0.127 e. The van der Waals surface area contributed by atoms with Gasteiger partial charge in [0.05, 0.1) is 12.6 Å². The van der Waals surface area contributed by atoms with Crippen LogP contribution < -0.4 is 10.5 Å². The Labute approximate surface area is 113 Å². The van der Waals surface area contributed by atoms with Crippen LogP contribution in [-0.2, 0) is 6.42 Å². The normalized spacial score (nSPS) is 15.5. The molecule has 1 aliphatic rings. The summed E-state index contributed by atoms with van der Waals surface area (Å²) in [6.45, 7) is 2.84. The molecule has 1 aromatic carbocycles. The van der Waals surface area contributed by atoms with E-state index in [0.717, 1.165) is 41.9 Å². The predicted octanol–water partition coefficient (Wildman–Crippen LogP) is 2.76. The van der Waals surface area contributed by atoms with Crippen LogP contribution in [0.25, 0.3) is 0 Å². The van der Waals surface area contributed by atoms with Gasteiger partial charge in [0.2, 0.25) is 0 Å². The van der Waals surface area contributed by atoms with Crippen LogP contribution >= 0.6 is 0 Å². The minimum absolute atomic E-state index is 0.179. The van der Waals surface area contributed by atoms with Gasteiger partial charge in [-0.1, -0.05) is 18.2 Å². The van der Waals surface area contributed by atoms with Crippen LogP contribution in [0.1, 0.15) is 34.7 Å². The van der Waals surface area contributed by atoms with Crippen molar-refractivity contribution in [2.45, 2.75) is 25.8 Å². The van der Waals surface area contributed by atoms with E-state index in [4.69, 9.17) is 10.5 Å². The average Bonchev–Trinajstić information content (AvgIpc) is 2.46. The van der Waals surface area contributed by atoms with Crippen molar-refractivity contribution in [3.63, 3.8) is 0 Å². The molecule has 2 aromatic rings. The lowest BCUT2D eigenvalue weighted by Gasteiger charge is -2.24. The molecule has 3 nitrogen and oxygen atoms in total. The quantitative estimate of drug-likeness (QED) is 0.896. The first-order chi connectivity index (χ1) is 9.27. The molecule has 0 fully saturated rings. The van der Waals surface area contributed by atoms with Crippen molar-refractivity contribution >= 4 is 0 Å². The molecule has 2 heterocycles. The van der Waals surface area contributed by atoms with Crippen LogP contribution in [0, 0.1) is 6.92 Å². The van der Waals surface area contributed by atoms with Gasteiger partial charge in [0.25, 0.3) is 0 Å². The Morgan fingerprint density at radius 2 is 2.16 bits per heavy atom. The summed E-state index contributed by atoms with van der Waals surface area (Å²) in [5.41, 5.74) is 11.0. The number of para-hydroxylation sites is 1. The first-order valence-corrected chi connectivity index (χ1v) is 6.68. The van der Waals surface area contributed by atoms with Crippen molar-refractivity contribution in [1.29, 1.82) is 0 Å². The molecule has 0 aliphatic carbocycles. The SMILES string of the molecule is Cc1ccncc1C(N)c1cccc2c1OCCC2. The highest BCUT2D eigenvalue weighted by molar-refractivity contribution is 5.48. The molecule has 1 atom stereocenters. The summed E-state index contributed by atoms with van der Waals surface area (Å²) in [5, 5.41) is 0. The maximum atomic E-state index is 6.42. The van der Waals surface area contributed by atoms with Gasteiger partial charge < -0.3 is 10.5 Å². The molecule has 1 aliphatic heterocycles. The van der Waals surface area contributed by atoms with E-state index in [1.807, 2.05) is 12.3 Å². The number of pyridine rings is 1. The molecule has 0 radical (unpaired) electrons. The second kappa shape index (κ2) is 5.02. The lowest BCUT2D eigenvalue weighted by Crippen LogP contribution is -2.18. The number of fused-ring (bicyclic) bond motifs is 1. The van der Waals surface area contributed by atoms with Crippen molar-refractivity contribution in [3.8, 4) is 5.75 Å². The molecule has 0 saturated heterocycles. The number of nitrogens with two attached hydrogens (primary N) is 1. The number of hydrogen-bond donors (Lipinski definition) is 1. The highest BCUT2D eigenvalue weighted by atomic mass is 16.5. The van der Waals surface area contributed by atoms with Crippen molar-refractivity contribution in [2.75, 3.05) is 6.61 Å². The van der Waals surface area contributed by atoms with Gasteiger partial charge in [0.15, 0.2) is 0 Å². The lowest BCUT2D eigenvalue weighted by molar-refractivity contribution is 0.284. The number of aryl methyl sites for hydroxylation is 2. The molecule has 0 saturated carbocycles. The van der Waals surface area contributed by atoms with Gasteiger partial charge in [-0.3, -0.25) is 4.98 Å². The van der Waals surface area contributed by atoms with Gasteiger partial charge in [-0.05, 0) is 42.5 Å². The zero-order valence-electron chi connectivity index (χ0n) is 11.1. The van der Waals surface area contributed by atoms with Gasteiger partial charge in [-0.25, -0.2) is 0 Å². The number of rotatable bonds is 2. The summed E-state index contributed by atoms with van der Waals surface area (Å²) >= 11 is 0. The fraction of sp³-hybridized carbons (Fsp3) is 0.312. The zero-order valence-corrected chi connectivity index (χ0v) is 11.1. The largest absolute Gasteiger partial charge is 0.493 e. The van der Waals surface area contributed by atoms with Crippen LogP contribution in [0.4, 0.5) is 0 Å². The number of nitrogens with zero attached hydrogens (tertiary/aromatic N) is 1. The standard InChI is InChI=1S/C16H18N2O/c1-11-7-8-18-10-14(11)15(17)13-6-2-4-12-5-3-9-19-16(12)13/h2,4,6-8,10,15H,3,5,9,17H2,1H3. The number of ether oxygens (including phenoxy) is 1. The third-order valence-corrected chi connectivity index (χ3v) is 3.71. The minimum Gasteiger partial charge on any atom is -0.493 e. The van der Waals surface area contributed by atoms with Crippen molar-refractivity contribution < 1.29 is 4.74 Å². The van der Waals surface area contributed by atoms with Crippen LogP contribution in [0.2, 0.25) is 0 Å². The van der Waals surface area contributed by atoms with E-state index in [1.165, 1.54) is 5.56 Å². The molecule has 3 rings (SSSR count). The second-order valence-corrected chi connectivity index (χ2v) is 5.00. The van der Waals surface area contributed by atoms with Crippen LogP contribution in [-0.4, -0.2) is 11.6 Å². The second-order valence-electron chi connectivity index (χ2n) is 5.00. The first kappa shape index (κ1) is 12.2. The lowest BCUT2D eigenvalue weighted by atomic mass is 9.93. The Morgan fingerprint density at radius 1 is 1.26 bits per heavy atom. The summed E-state index contributed by atoms with van der Waals surface area (Å²) in [6.07, 6.45) is 5.80. The smallest absolute Gasteiger partial charge is 0.127 e. The van der Waals surface area contributed by atoms with Gasteiger partial charge in [0.1, 0.15) is 5.75 Å². The minimum atomic E-state index is -0.179. The molecule has 98 valence electrons. The maximum absolute atomic E-state index is 6.42. The number of hydrogen-bond acceptors (Lipinski definition) is 3. The van der Waals surface area contributed by atoms with Crippen molar-refractivity contribution in [3.05, 3.63) is 58.9 Å². The third-order valence-electron chi connectivity index (χ3n) is 3.71. The Bertz CT molecular complexity index is 595. The van der Waals surface area contributed by atoms with Gasteiger partial charge in [0, 0.05) is 18.0 Å². The van der Waals surface area contributed by atoms with Gasteiger partial charge >= 0.3 is 0 Å². The van der Waals surface area contributed by atoms with E-state index in [-0.39, 0.29) is 6.04 Å². The summed E-state index contributed by atoms with van der Waals surface area (Å²) in [4.78, 5) is 4.18. The van der Waals surface area contributed by atoms with E-state index in [9.17, 15) is 0 Å². The third kappa shape index (κ3) is 2.22. The topological polar surface area (TPSA) is 48.1 Å². The van der Waals surface area contributed by atoms with Crippen LogP contribution in [0.5, 0.6) is 5.75 Å². The van der Waals surface area contributed by atoms with Gasteiger partial charge in [-0.2, -0.15) is 0 Å². The van der Waals surface area contributed by atoms with Crippen LogP contribution in [0.15, 0.2) is 36.7 Å². The highest BCUT2D eigenvalue weighted by Crippen LogP contribution is 2.35. The average molecular weight is 254 g/mol. The Hall–Kier alpha value is -1.87. The van der Waals surface area contributed by atoms with E-state index in [1.54, 1.807) is 6.20 Å². The van der Waals surface area contributed by atoms with Gasteiger partial charge in [-0.15, -0.1) is 0 Å². The fourth-order valence-electron chi connectivity index (χ4n) is 2.63. The van der Waals surface area contributed by atoms with Crippen molar-refractivity contribution in [2.24, 2.45) is 5.73 Å². The molecule has 0 bridgehead atoms. The van der Waals surface area contributed by atoms with Crippen LogP contribution in [0.3, 0.4) is 0 Å². The fourth-order valence-corrected chi connectivity index (χ4v) is 2.63. The summed E-state index contributed by atoms with van der Waals surface area (Å²) in [5.74, 6) is 0.976. The summed E-state index contributed by atoms with van der Waals surface area (Å²) < 4.78 is 5.84. The molecule has 19 heavy (non-hydrogen) atoms. The predicted molar refractivity (Wildman–Crippen MR) is 75.3 cm³/mol. The number of benzene rings is 1. The molecule has 0 spiro atoms. The molecule has 2 N–H and O–H groups in total. The molecule has 1 unspecified atom stereocenters. The first-order valence-electron chi connectivity index (χ1n) is 6.68. The molecular weight excluding hydrogens is 236 g/mol. The highest BCUT2D eigenvalue weighted by Gasteiger charge is 2.20. The zero-order chi connectivity index (χ0) is 13.2. The van der Waals surface area contributed by atoms with Crippen molar-refractivity contribution in [1.82, 2.24) is 4.98 Å². The molecular formula is C16H18N2O. The Morgan fingerprint density at radius 3 is 3.00 bits per heavy atom.